The summed E-state index contributed by atoms with van der Waals surface area (Å²) in [6, 6.07) is 5.29. The van der Waals surface area contributed by atoms with Gasteiger partial charge in [-0.2, -0.15) is 0 Å². The van der Waals surface area contributed by atoms with Crippen LogP contribution in [0, 0.1) is 0 Å². The number of nitrogens with two attached hydrogens (primary N) is 1. The fourth-order valence-electron chi connectivity index (χ4n) is 1.20. The highest BCUT2D eigenvalue weighted by Gasteiger charge is 2.23. The Morgan fingerprint density at radius 1 is 1.46 bits per heavy atom. The first kappa shape index (κ1) is 10.3. The standard InChI is InChI=1S/C10H13ClFN/c1-10(2,6-12)7-4-3-5-8(11)9(7)13/h3-5H,6,13H2,1-2H3. The smallest absolute Gasteiger partial charge is 0.0986 e. The molecule has 3 heteroatoms. The molecule has 0 aliphatic rings. The van der Waals surface area contributed by atoms with Crippen LogP contribution in [0.5, 0.6) is 0 Å². The van der Waals surface area contributed by atoms with E-state index in [1.54, 1.807) is 32.0 Å². The minimum atomic E-state index is -0.561. The molecule has 0 atom stereocenters. The molecule has 0 saturated carbocycles. The van der Waals surface area contributed by atoms with E-state index in [2.05, 4.69) is 0 Å². The Balaban J connectivity index is 3.22. The number of nitrogen functional groups attached to an aromatic ring is 1. The Morgan fingerprint density at radius 3 is 2.62 bits per heavy atom. The van der Waals surface area contributed by atoms with Crippen molar-refractivity contribution in [3.8, 4) is 0 Å². The number of benzene rings is 1. The third kappa shape index (κ3) is 1.94. The van der Waals surface area contributed by atoms with Crippen LogP contribution in [0.4, 0.5) is 10.1 Å². The Kier molecular flexibility index (Phi) is 2.81. The van der Waals surface area contributed by atoms with Gasteiger partial charge in [-0.1, -0.05) is 37.6 Å². The molecular weight excluding hydrogens is 189 g/mol. The van der Waals surface area contributed by atoms with Gasteiger partial charge >= 0.3 is 0 Å². The van der Waals surface area contributed by atoms with Crippen molar-refractivity contribution in [2.24, 2.45) is 0 Å². The van der Waals surface area contributed by atoms with Crippen LogP contribution in [-0.2, 0) is 5.41 Å². The molecular formula is C10H13ClFN. The predicted molar refractivity (Wildman–Crippen MR) is 54.9 cm³/mol. The first-order valence-corrected chi connectivity index (χ1v) is 4.47. The number of halogens is 2. The van der Waals surface area contributed by atoms with Crippen molar-refractivity contribution >= 4 is 17.3 Å². The second-order valence-corrected chi connectivity index (χ2v) is 4.13. The van der Waals surface area contributed by atoms with Crippen LogP contribution >= 0.6 is 11.6 Å². The molecule has 13 heavy (non-hydrogen) atoms. The van der Waals surface area contributed by atoms with Crippen molar-refractivity contribution in [1.82, 2.24) is 0 Å². The third-order valence-corrected chi connectivity index (χ3v) is 2.45. The van der Waals surface area contributed by atoms with Gasteiger partial charge in [0.2, 0.25) is 0 Å². The first-order valence-electron chi connectivity index (χ1n) is 4.09. The molecule has 1 aromatic carbocycles. The van der Waals surface area contributed by atoms with Gasteiger partial charge in [0, 0.05) is 5.41 Å². The maximum atomic E-state index is 12.7. The molecule has 1 nitrogen and oxygen atoms in total. The molecule has 0 heterocycles. The quantitative estimate of drug-likeness (QED) is 0.731. The van der Waals surface area contributed by atoms with Gasteiger partial charge in [-0.3, -0.25) is 4.39 Å². The van der Waals surface area contributed by atoms with Gasteiger partial charge in [-0.05, 0) is 11.6 Å². The van der Waals surface area contributed by atoms with Crippen LogP contribution < -0.4 is 5.73 Å². The molecule has 0 aromatic heterocycles. The summed E-state index contributed by atoms with van der Waals surface area (Å²) in [5.74, 6) is 0. The summed E-state index contributed by atoms with van der Waals surface area (Å²) >= 11 is 5.83. The van der Waals surface area contributed by atoms with Crippen LogP contribution in [0.2, 0.25) is 5.02 Å². The van der Waals surface area contributed by atoms with Crippen LogP contribution in [0.25, 0.3) is 0 Å². The summed E-state index contributed by atoms with van der Waals surface area (Å²) in [4.78, 5) is 0. The maximum absolute atomic E-state index is 12.7. The number of anilines is 1. The molecule has 0 unspecified atom stereocenters. The molecule has 0 radical (unpaired) electrons. The van der Waals surface area contributed by atoms with E-state index in [0.29, 0.717) is 10.7 Å². The summed E-state index contributed by atoms with van der Waals surface area (Å²) in [7, 11) is 0. The summed E-state index contributed by atoms with van der Waals surface area (Å²) in [6.07, 6.45) is 0. The lowest BCUT2D eigenvalue weighted by Crippen LogP contribution is -2.21. The molecule has 0 bridgehead atoms. The van der Waals surface area contributed by atoms with Gasteiger partial charge in [0.1, 0.15) is 0 Å². The van der Waals surface area contributed by atoms with E-state index in [1.165, 1.54) is 0 Å². The molecule has 2 N–H and O–H groups in total. The van der Waals surface area contributed by atoms with E-state index in [1.807, 2.05) is 0 Å². The third-order valence-electron chi connectivity index (χ3n) is 2.12. The summed E-state index contributed by atoms with van der Waals surface area (Å²) in [5, 5.41) is 0.485. The highest BCUT2D eigenvalue weighted by atomic mass is 35.5. The fraction of sp³-hybridized carbons (Fsp3) is 0.400. The number of rotatable bonds is 2. The van der Waals surface area contributed by atoms with Gasteiger partial charge in [0.05, 0.1) is 17.4 Å². The van der Waals surface area contributed by atoms with Crippen molar-refractivity contribution in [3.63, 3.8) is 0 Å². The van der Waals surface area contributed by atoms with Crippen molar-refractivity contribution < 1.29 is 4.39 Å². The molecule has 0 spiro atoms. The minimum absolute atomic E-state index is 0.447. The SMILES string of the molecule is CC(C)(CF)c1cccc(Cl)c1N. The second-order valence-electron chi connectivity index (χ2n) is 3.72. The molecule has 1 aromatic rings. The van der Waals surface area contributed by atoms with Crippen molar-refractivity contribution in [2.45, 2.75) is 19.3 Å². The lowest BCUT2D eigenvalue weighted by Gasteiger charge is -2.23. The van der Waals surface area contributed by atoms with E-state index >= 15 is 0 Å². The largest absolute Gasteiger partial charge is 0.397 e. The number of hydrogen-bond acceptors (Lipinski definition) is 1. The van der Waals surface area contributed by atoms with Gasteiger partial charge in [-0.25, -0.2) is 0 Å². The zero-order valence-electron chi connectivity index (χ0n) is 7.77. The number of hydrogen-bond donors (Lipinski definition) is 1. The normalized spacial score (nSPS) is 11.7. The van der Waals surface area contributed by atoms with Crippen LogP contribution in [0.3, 0.4) is 0 Å². The Morgan fingerprint density at radius 2 is 2.08 bits per heavy atom. The molecule has 0 aliphatic heterocycles. The molecule has 0 saturated heterocycles. The molecule has 72 valence electrons. The fourth-order valence-corrected chi connectivity index (χ4v) is 1.37. The highest BCUT2D eigenvalue weighted by Crippen LogP contribution is 2.32. The molecule has 0 aliphatic carbocycles. The Bertz CT molecular complexity index is 310. The molecule has 0 fully saturated rings. The van der Waals surface area contributed by atoms with Crippen molar-refractivity contribution in [3.05, 3.63) is 28.8 Å². The average Bonchev–Trinajstić information content (AvgIpc) is 2.09. The zero-order valence-corrected chi connectivity index (χ0v) is 8.53. The summed E-state index contributed by atoms with van der Waals surface area (Å²) in [6.45, 7) is 3.15. The summed E-state index contributed by atoms with van der Waals surface area (Å²) in [5.41, 5.74) is 6.43. The van der Waals surface area contributed by atoms with Gasteiger partial charge in [-0.15, -0.1) is 0 Å². The topological polar surface area (TPSA) is 26.0 Å². The number of alkyl halides is 1. The zero-order chi connectivity index (χ0) is 10.1. The van der Waals surface area contributed by atoms with Gasteiger partial charge in [0.15, 0.2) is 0 Å². The number of para-hydroxylation sites is 1. The van der Waals surface area contributed by atoms with E-state index in [-0.39, 0.29) is 0 Å². The molecule has 0 amide bonds. The van der Waals surface area contributed by atoms with Gasteiger partial charge < -0.3 is 5.73 Å². The van der Waals surface area contributed by atoms with E-state index < -0.39 is 12.1 Å². The predicted octanol–water partition coefficient (Wildman–Crippen LogP) is 3.17. The summed E-state index contributed by atoms with van der Waals surface area (Å²) < 4.78 is 12.7. The van der Waals surface area contributed by atoms with Gasteiger partial charge in [0.25, 0.3) is 0 Å². The maximum Gasteiger partial charge on any atom is 0.0986 e. The van der Waals surface area contributed by atoms with Crippen LogP contribution in [0.15, 0.2) is 18.2 Å². The lowest BCUT2D eigenvalue weighted by molar-refractivity contribution is 0.352. The minimum Gasteiger partial charge on any atom is -0.397 e. The van der Waals surface area contributed by atoms with Crippen LogP contribution in [0.1, 0.15) is 19.4 Å². The van der Waals surface area contributed by atoms with Crippen molar-refractivity contribution in [2.75, 3.05) is 12.4 Å². The Labute approximate surface area is 82.7 Å². The van der Waals surface area contributed by atoms with E-state index in [9.17, 15) is 4.39 Å². The highest BCUT2D eigenvalue weighted by molar-refractivity contribution is 6.33. The van der Waals surface area contributed by atoms with E-state index in [0.717, 1.165) is 5.56 Å². The average molecular weight is 202 g/mol. The van der Waals surface area contributed by atoms with Crippen LogP contribution in [-0.4, -0.2) is 6.67 Å². The molecule has 1 rings (SSSR count). The van der Waals surface area contributed by atoms with Crippen molar-refractivity contribution in [1.29, 1.82) is 0 Å². The lowest BCUT2D eigenvalue weighted by atomic mass is 9.85. The Hall–Kier alpha value is -0.760. The second kappa shape index (κ2) is 3.54. The first-order chi connectivity index (χ1) is 5.99. The van der Waals surface area contributed by atoms with E-state index in [4.69, 9.17) is 17.3 Å². The monoisotopic (exact) mass is 201 g/mol.